The molecule has 0 fully saturated rings. The van der Waals surface area contributed by atoms with Crippen LogP contribution >= 0.6 is 0 Å². The van der Waals surface area contributed by atoms with E-state index in [4.69, 9.17) is 0 Å². The van der Waals surface area contributed by atoms with Crippen LogP contribution in [0.3, 0.4) is 0 Å². The van der Waals surface area contributed by atoms with Crippen molar-refractivity contribution in [2.24, 2.45) is 9.98 Å². The van der Waals surface area contributed by atoms with Gasteiger partial charge in [-0.15, -0.1) is 6.08 Å². The third-order valence-electron chi connectivity index (χ3n) is 2.94. The van der Waals surface area contributed by atoms with Crippen LogP contribution in [0.4, 0.5) is 0 Å². The molecular formula is C16H13N2Zr-. The fourth-order valence-corrected chi connectivity index (χ4v) is 2.12. The molecule has 2 aliphatic carbocycles. The van der Waals surface area contributed by atoms with Crippen LogP contribution in [0.2, 0.25) is 0 Å². The van der Waals surface area contributed by atoms with Crippen LogP contribution in [-0.2, 0) is 26.2 Å². The molecule has 0 bridgehead atoms. The fraction of sp³-hybridized carbons (Fsp3) is 0.0625. The zero-order chi connectivity index (χ0) is 12.5. The van der Waals surface area contributed by atoms with Crippen molar-refractivity contribution in [1.82, 2.24) is 0 Å². The van der Waals surface area contributed by atoms with Crippen molar-refractivity contribution in [2.45, 2.75) is 6.92 Å². The van der Waals surface area contributed by atoms with E-state index in [9.17, 15) is 0 Å². The minimum absolute atomic E-state index is 0. The van der Waals surface area contributed by atoms with E-state index in [1.165, 1.54) is 16.7 Å². The van der Waals surface area contributed by atoms with Crippen molar-refractivity contribution >= 4 is 11.4 Å². The topological polar surface area (TPSA) is 24.7 Å². The van der Waals surface area contributed by atoms with Crippen LogP contribution in [0.1, 0.15) is 6.92 Å². The van der Waals surface area contributed by atoms with Gasteiger partial charge in [-0.1, -0.05) is 5.57 Å². The smallest absolute Gasteiger partial charge is 0.0705 e. The molecule has 0 saturated carbocycles. The molecule has 2 heterocycles. The Morgan fingerprint density at radius 2 is 1.42 bits per heavy atom. The second-order valence-electron chi connectivity index (χ2n) is 4.47. The van der Waals surface area contributed by atoms with Crippen LogP contribution < -0.4 is 0 Å². The summed E-state index contributed by atoms with van der Waals surface area (Å²) in [6.07, 6.45) is 15.9. The summed E-state index contributed by atoms with van der Waals surface area (Å²) < 4.78 is 0. The maximum absolute atomic E-state index is 4.14. The number of nitrogens with zero attached hydrogens (tertiary/aromatic N) is 2. The molecule has 0 saturated heterocycles. The Bertz CT molecular complexity index is 592. The van der Waals surface area contributed by atoms with E-state index in [1.54, 1.807) is 0 Å². The molecule has 2 aliphatic heterocycles. The number of rotatable bonds is 0. The molecule has 0 aromatic heterocycles. The number of allylic oxidation sites excluding steroid dienone is 10. The predicted octanol–water partition coefficient (Wildman–Crippen LogP) is 3.49. The van der Waals surface area contributed by atoms with Gasteiger partial charge < -0.3 is 0 Å². The van der Waals surface area contributed by atoms with Gasteiger partial charge in [0.05, 0.1) is 5.71 Å². The second kappa shape index (κ2) is 5.67. The summed E-state index contributed by atoms with van der Waals surface area (Å²) in [7, 11) is 0. The summed E-state index contributed by atoms with van der Waals surface area (Å²) in [4.78, 5) is 8.24. The largest absolute Gasteiger partial charge is 0.271 e. The predicted molar refractivity (Wildman–Crippen MR) is 76.5 cm³/mol. The Hall–Kier alpha value is -1.47. The first-order valence-electron chi connectivity index (χ1n) is 5.87. The number of fused-ring (bicyclic) bond motifs is 2. The average Bonchev–Trinajstić information content (AvgIpc) is 2.97. The van der Waals surface area contributed by atoms with Crippen LogP contribution in [0.5, 0.6) is 0 Å². The van der Waals surface area contributed by atoms with Crippen molar-refractivity contribution in [3.8, 4) is 0 Å². The van der Waals surface area contributed by atoms with Gasteiger partial charge in [0.1, 0.15) is 0 Å². The monoisotopic (exact) mass is 323 g/mol. The van der Waals surface area contributed by atoms with Gasteiger partial charge in [0, 0.05) is 49.9 Å². The van der Waals surface area contributed by atoms with Crippen molar-refractivity contribution < 1.29 is 26.2 Å². The summed E-state index contributed by atoms with van der Waals surface area (Å²) >= 11 is 0. The third kappa shape index (κ3) is 2.93. The summed E-state index contributed by atoms with van der Waals surface area (Å²) in [6.45, 7) is 5.88. The number of hydrogen-bond acceptors (Lipinski definition) is 2. The van der Waals surface area contributed by atoms with E-state index in [1.807, 2.05) is 36.7 Å². The van der Waals surface area contributed by atoms with E-state index >= 15 is 0 Å². The van der Waals surface area contributed by atoms with E-state index in [0.29, 0.717) is 0 Å². The van der Waals surface area contributed by atoms with Crippen LogP contribution in [-0.4, -0.2) is 11.4 Å². The zero-order valence-corrected chi connectivity index (χ0v) is 13.2. The van der Waals surface area contributed by atoms with Gasteiger partial charge in [0.15, 0.2) is 0 Å². The Morgan fingerprint density at radius 1 is 0.842 bits per heavy atom. The van der Waals surface area contributed by atoms with Crippen LogP contribution in [0.25, 0.3) is 0 Å². The first kappa shape index (κ1) is 14.0. The molecule has 0 aromatic carbocycles. The van der Waals surface area contributed by atoms with Gasteiger partial charge in [0.25, 0.3) is 0 Å². The minimum atomic E-state index is 0. The summed E-state index contributed by atoms with van der Waals surface area (Å²) in [6, 6.07) is 0. The second-order valence-corrected chi connectivity index (χ2v) is 4.47. The molecule has 4 aliphatic rings. The molecule has 0 amide bonds. The minimum Gasteiger partial charge on any atom is -0.271 e. The fourth-order valence-electron chi connectivity index (χ4n) is 2.12. The average molecular weight is 325 g/mol. The standard InChI is InChI=1S/C8H7N.C8H6N.Zr/c2*1-6-4-7-2-3-9-8(7)5-6;/h2-5H,1H3;2-5H,1H2;/q;-1;. The molecule has 0 atom stereocenters. The molecule has 3 heteroatoms. The van der Waals surface area contributed by atoms with Gasteiger partial charge >= 0.3 is 0 Å². The van der Waals surface area contributed by atoms with E-state index in [2.05, 4.69) is 36.0 Å². The normalized spacial score (nSPS) is 20.1. The molecule has 0 unspecified atom stereocenters. The molecule has 19 heavy (non-hydrogen) atoms. The Morgan fingerprint density at radius 3 is 2.00 bits per heavy atom. The molecule has 0 spiro atoms. The van der Waals surface area contributed by atoms with Gasteiger partial charge in [-0.25, -0.2) is 0 Å². The Kier molecular flexibility index (Phi) is 4.16. The van der Waals surface area contributed by atoms with E-state index in [-0.39, 0.29) is 26.2 Å². The summed E-state index contributed by atoms with van der Waals surface area (Å²) in [5.74, 6) is 0. The maximum atomic E-state index is 4.14. The van der Waals surface area contributed by atoms with Gasteiger partial charge in [-0.2, -0.15) is 18.6 Å². The number of hydrogen-bond donors (Lipinski definition) is 0. The van der Waals surface area contributed by atoms with Crippen LogP contribution in [0, 0.1) is 6.92 Å². The van der Waals surface area contributed by atoms with Gasteiger partial charge in [-0.3, -0.25) is 9.98 Å². The van der Waals surface area contributed by atoms with Crippen molar-refractivity contribution in [1.29, 1.82) is 0 Å². The summed E-state index contributed by atoms with van der Waals surface area (Å²) in [5.41, 5.74) is 6.97. The van der Waals surface area contributed by atoms with Crippen molar-refractivity contribution in [3.63, 3.8) is 0 Å². The van der Waals surface area contributed by atoms with Crippen LogP contribution in [0.15, 0.2) is 81.1 Å². The molecule has 4 rings (SSSR count). The molecular weight excluding hydrogens is 311 g/mol. The third-order valence-corrected chi connectivity index (χ3v) is 2.94. The van der Waals surface area contributed by atoms with Crippen molar-refractivity contribution in [3.05, 3.63) is 78.1 Å². The SMILES string of the molecule is CC1=CC2=NC=CC2=C1.[CH2-]C1=CC2=NC=CC2=C1.[Zr]. The zero-order valence-electron chi connectivity index (χ0n) is 10.7. The van der Waals surface area contributed by atoms with Gasteiger partial charge in [0.2, 0.25) is 0 Å². The molecule has 0 aromatic rings. The first-order chi connectivity index (χ1) is 8.72. The maximum Gasteiger partial charge on any atom is 0.0705 e. The Balaban J connectivity index is 0.000000133. The quantitative estimate of drug-likeness (QED) is 0.609. The van der Waals surface area contributed by atoms with E-state index < -0.39 is 0 Å². The molecule has 2 nitrogen and oxygen atoms in total. The first-order valence-corrected chi connectivity index (χ1v) is 5.87. The molecule has 92 valence electrons. The molecule has 0 radical (unpaired) electrons. The van der Waals surface area contributed by atoms with E-state index in [0.717, 1.165) is 17.0 Å². The molecule has 0 N–H and O–H groups in total. The Labute approximate surface area is 132 Å². The summed E-state index contributed by atoms with van der Waals surface area (Å²) in [5, 5.41) is 0. The van der Waals surface area contributed by atoms with Gasteiger partial charge in [-0.05, 0) is 36.8 Å². The van der Waals surface area contributed by atoms with Crippen molar-refractivity contribution in [2.75, 3.05) is 0 Å². The number of aliphatic imine (C=N–C) groups is 2.